The standard InChI is InChI=1S/C13H19NO2S/c1-4-5-17-9(7-14)6-10-12(11(16)8-15)13(10,2)3/h6,10,12,15H,4-5,8H2,1-3H3/b9-6+/t10-,12+/m1/s1. The van der Waals surface area contributed by atoms with Gasteiger partial charge in [0.25, 0.3) is 0 Å². The fourth-order valence-electron chi connectivity index (χ4n) is 2.19. The molecule has 1 N–H and O–H groups in total. The molecule has 0 aromatic heterocycles. The number of nitriles is 1. The second kappa shape index (κ2) is 5.70. The Morgan fingerprint density at radius 2 is 2.24 bits per heavy atom. The van der Waals surface area contributed by atoms with E-state index in [0.29, 0.717) is 4.91 Å². The predicted octanol–water partition coefficient (Wildman–Crippen LogP) is 2.37. The largest absolute Gasteiger partial charge is 0.389 e. The molecule has 0 radical (unpaired) electrons. The number of nitrogens with zero attached hydrogens (tertiary/aromatic N) is 1. The number of hydrogen-bond donors (Lipinski definition) is 1. The smallest absolute Gasteiger partial charge is 0.162 e. The van der Waals surface area contributed by atoms with Gasteiger partial charge in [0.15, 0.2) is 5.78 Å². The van der Waals surface area contributed by atoms with Crippen molar-refractivity contribution >= 4 is 17.5 Å². The molecule has 0 saturated heterocycles. The lowest BCUT2D eigenvalue weighted by atomic mass is 10.1. The van der Waals surface area contributed by atoms with Gasteiger partial charge < -0.3 is 5.11 Å². The van der Waals surface area contributed by atoms with Gasteiger partial charge >= 0.3 is 0 Å². The van der Waals surface area contributed by atoms with Crippen LogP contribution in [0.2, 0.25) is 0 Å². The van der Waals surface area contributed by atoms with Crippen molar-refractivity contribution in [2.24, 2.45) is 17.3 Å². The van der Waals surface area contributed by atoms with Gasteiger partial charge in [-0.2, -0.15) is 5.26 Å². The first-order valence-electron chi connectivity index (χ1n) is 5.87. The van der Waals surface area contributed by atoms with E-state index >= 15 is 0 Å². The number of carbonyl (C=O) groups is 1. The van der Waals surface area contributed by atoms with Crippen molar-refractivity contribution in [1.82, 2.24) is 0 Å². The molecule has 1 aliphatic carbocycles. The summed E-state index contributed by atoms with van der Waals surface area (Å²) in [6, 6.07) is 2.17. The van der Waals surface area contributed by atoms with Gasteiger partial charge in [0.1, 0.15) is 12.7 Å². The fourth-order valence-corrected chi connectivity index (χ4v) is 2.93. The number of aliphatic hydroxyl groups excluding tert-OH is 1. The number of allylic oxidation sites excluding steroid dienone is 2. The van der Waals surface area contributed by atoms with Gasteiger partial charge in [-0.05, 0) is 23.5 Å². The normalized spacial score (nSPS) is 26.4. The molecule has 1 fully saturated rings. The first kappa shape index (κ1) is 14.3. The summed E-state index contributed by atoms with van der Waals surface area (Å²) in [7, 11) is 0. The van der Waals surface area contributed by atoms with Gasteiger partial charge in [-0.25, -0.2) is 0 Å². The monoisotopic (exact) mass is 253 g/mol. The molecule has 2 atom stereocenters. The van der Waals surface area contributed by atoms with E-state index in [0.717, 1.165) is 12.2 Å². The van der Waals surface area contributed by atoms with Crippen molar-refractivity contribution in [2.45, 2.75) is 27.2 Å². The van der Waals surface area contributed by atoms with Crippen LogP contribution in [0.3, 0.4) is 0 Å². The highest BCUT2D eigenvalue weighted by atomic mass is 32.2. The summed E-state index contributed by atoms with van der Waals surface area (Å²) in [5, 5.41) is 17.9. The summed E-state index contributed by atoms with van der Waals surface area (Å²) in [4.78, 5) is 12.2. The fraction of sp³-hybridized carbons (Fsp3) is 0.692. The Hall–Kier alpha value is -0.790. The quantitative estimate of drug-likeness (QED) is 0.738. The van der Waals surface area contributed by atoms with Crippen molar-refractivity contribution in [3.8, 4) is 6.07 Å². The van der Waals surface area contributed by atoms with Crippen LogP contribution < -0.4 is 0 Å². The van der Waals surface area contributed by atoms with Crippen LogP contribution in [0.25, 0.3) is 0 Å². The van der Waals surface area contributed by atoms with Crippen molar-refractivity contribution in [3.63, 3.8) is 0 Å². The number of aliphatic hydroxyl groups is 1. The Labute approximate surface area is 107 Å². The third-order valence-electron chi connectivity index (χ3n) is 3.32. The maximum atomic E-state index is 11.5. The zero-order valence-electron chi connectivity index (χ0n) is 10.6. The molecular formula is C13H19NO2S. The van der Waals surface area contributed by atoms with Crippen molar-refractivity contribution in [2.75, 3.05) is 12.4 Å². The summed E-state index contributed by atoms with van der Waals surface area (Å²) >= 11 is 1.54. The van der Waals surface area contributed by atoms with E-state index in [9.17, 15) is 4.79 Å². The number of carbonyl (C=O) groups excluding carboxylic acids is 1. The molecule has 0 bridgehead atoms. The van der Waals surface area contributed by atoms with Crippen LogP contribution in [0.5, 0.6) is 0 Å². The van der Waals surface area contributed by atoms with E-state index in [4.69, 9.17) is 10.4 Å². The number of thioether (sulfide) groups is 1. The number of hydrogen-bond acceptors (Lipinski definition) is 4. The van der Waals surface area contributed by atoms with Gasteiger partial charge in [0.05, 0.1) is 4.91 Å². The van der Waals surface area contributed by atoms with Crippen LogP contribution in [-0.4, -0.2) is 23.2 Å². The van der Waals surface area contributed by atoms with E-state index in [-0.39, 0.29) is 23.0 Å². The molecular weight excluding hydrogens is 234 g/mol. The van der Waals surface area contributed by atoms with E-state index in [2.05, 4.69) is 13.0 Å². The Bertz CT molecular complexity index is 368. The highest BCUT2D eigenvalue weighted by Gasteiger charge is 2.59. The van der Waals surface area contributed by atoms with Crippen LogP contribution in [0.1, 0.15) is 27.2 Å². The summed E-state index contributed by atoms with van der Waals surface area (Å²) < 4.78 is 0. The molecule has 1 rings (SSSR count). The van der Waals surface area contributed by atoms with E-state index < -0.39 is 6.61 Å². The summed E-state index contributed by atoms with van der Waals surface area (Å²) in [6.07, 6.45) is 2.93. The Morgan fingerprint density at radius 1 is 1.59 bits per heavy atom. The average molecular weight is 253 g/mol. The lowest BCUT2D eigenvalue weighted by molar-refractivity contribution is -0.123. The second-order valence-corrected chi connectivity index (χ2v) is 6.08. The first-order chi connectivity index (χ1) is 7.98. The predicted molar refractivity (Wildman–Crippen MR) is 69.3 cm³/mol. The molecule has 1 saturated carbocycles. The average Bonchev–Trinajstić information content (AvgIpc) is 2.85. The zero-order chi connectivity index (χ0) is 13.1. The maximum Gasteiger partial charge on any atom is 0.162 e. The minimum absolute atomic E-state index is 0.0983. The van der Waals surface area contributed by atoms with Crippen LogP contribution in [0, 0.1) is 28.6 Å². The number of Topliss-reactive ketones (excluding diaryl/α,β-unsaturated/α-hetero) is 1. The Morgan fingerprint density at radius 3 is 2.71 bits per heavy atom. The number of ketones is 1. The molecule has 0 unspecified atom stereocenters. The molecule has 0 amide bonds. The Kier molecular flexibility index (Phi) is 4.79. The van der Waals surface area contributed by atoms with Crippen LogP contribution in [0.15, 0.2) is 11.0 Å². The Balaban J connectivity index is 2.72. The summed E-state index contributed by atoms with van der Waals surface area (Å²) in [5.74, 6) is 0.777. The lowest BCUT2D eigenvalue weighted by Crippen LogP contribution is -2.10. The molecule has 0 heterocycles. The summed E-state index contributed by atoms with van der Waals surface area (Å²) in [5.41, 5.74) is -0.116. The third kappa shape index (κ3) is 3.11. The molecule has 94 valence electrons. The maximum absolute atomic E-state index is 11.5. The van der Waals surface area contributed by atoms with Gasteiger partial charge in [-0.3, -0.25) is 4.79 Å². The van der Waals surface area contributed by atoms with Crippen LogP contribution >= 0.6 is 11.8 Å². The molecule has 1 aliphatic rings. The van der Waals surface area contributed by atoms with Crippen molar-refractivity contribution < 1.29 is 9.90 Å². The third-order valence-corrected chi connectivity index (χ3v) is 4.47. The van der Waals surface area contributed by atoms with Crippen molar-refractivity contribution in [3.05, 3.63) is 11.0 Å². The SMILES string of the molecule is CCCS/C(C#N)=C/[C@@H]1[C@@H](C(=O)CO)C1(C)C. The van der Waals surface area contributed by atoms with Crippen LogP contribution in [-0.2, 0) is 4.79 Å². The highest BCUT2D eigenvalue weighted by Crippen LogP contribution is 2.59. The molecule has 3 nitrogen and oxygen atoms in total. The van der Waals surface area contributed by atoms with E-state index in [1.807, 2.05) is 19.9 Å². The molecule has 0 aromatic carbocycles. The van der Waals surface area contributed by atoms with Gasteiger partial charge in [-0.15, -0.1) is 11.8 Å². The van der Waals surface area contributed by atoms with Gasteiger partial charge in [0.2, 0.25) is 0 Å². The minimum Gasteiger partial charge on any atom is -0.389 e. The lowest BCUT2D eigenvalue weighted by Gasteiger charge is -1.99. The molecule has 0 aliphatic heterocycles. The van der Waals surface area contributed by atoms with Gasteiger partial charge in [-0.1, -0.05) is 26.8 Å². The highest BCUT2D eigenvalue weighted by molar-refractivity contribution is 8.03. The molecule has 0 spiro atoms. The summed E-state index contributed by atoms with van der Waals surface area (Å²) in [6.45, 7) is 5.68. The van der Waals surface area contributed by atoms with E-state index in [1.54, 1.807) is 0 Å². The second-order valence-electron chi connectivity index (χ2n) is 4.94. The van der Waals surface area contributed by atoms with E-state index in [1.165, 1.54) is 11.8 Å². The number of rotatable bonds is 6. The van der Waals surface area contributed by atoms with Crippen molar-refractivity contribution in [1.29, 1.82) is 5.26 Å². The first-order valence-corrected chi connectivity index (χ1v) is 6.85. The molecule has 4 heteroatoms. The van der Waals surface area contributed by atoms with Gasteiger partial charge in [0, 0.05) is 5.92 Å². The molecule has 0 aromatic rings. The molecule has 17 heavy (non-hydrogen) atoms. The topological polar surface area (TPSA) is 61.1 Å². The minimum atomic E-state index is -0.400. The van der Waals surface area contributed by atoms with Crippen LogP contribution in [0.4, 0.5) is 0 Å². The zero-order valence-corrected chi connectivity index (χ0v) is 11.4.